The average molecular weight is 314 g/mol. The number of rotatable bonds is 4. The van der Waals surface area contributed by atoms with E-state index in [9.17, 15) is 4.79 Å². The Morgan fingerprint density at radius 1 is 1.17 bits per heavy atom. The number of carbonyl (C=O) groups is 1. The topological polar surface area (TPSA) is 32.8 Å². The van der Waals surface area contributed by atoms with Crippen molar-refractivity contribution in [2.24, 2.45) is 0 Å². The fourth-order valence-electron chi connectivity index (χ4n) is 3.34. The standard InChI is InChI=1S/C19H26N2O2/c1-2-19(22)21-9-7-16(8-10-21)18-6-4-3-5-17(18)15-20-11-13-23-14-12-20/h3-7H,2,8-15H2,1H3. The lowest BCUT2D eigenvalue weighted by atomic mass is 9.94. The average Bonchev–Trinajstić information content (AvgIpc) is 2.62. The highest BCUT2D eigenvalue weighted by atomic mass is 16.5. The maximum absolute atomic E-state index is 11.8. The van der Waals surface area contributed by atoms with Crippen molar-refractivity contribution >= 4 is 11.5 Å². The lowest BCUT2D eigenvalue weighted by Crippen LogP contribution is -2.36. The molecule has 2 aliphatic heterocycles. The van der Waals surface area contributed by atoms with Crippen molar-refractivity contribution in [3.8, 4) is 0 Å². The van der Waals surface area contributed by atoms with E-state index in [4.69, 9.17) is 4.74 Å². The van der Waals surface area contributed by atoms with Gasteiger partial charge in [0.15, 0.2) is 0 Å². The fourth-order valence-corrected chi connectivity index (χ4v) is 3.34. The Labute approximate surface area is 138 Å². The number of nitrogens with zero attached hydrogens (tertiary/aromatic N) is 2. The van der Waals surface area contributed by atoms with Gasteiger partial charge in [0.1, 0.15) is 0 Å². The molecule has 1 amide bonds. The van der Waals surface area contributed by atoms with Gasteiger partial charge in [-0.1, -0.05) is 37.3 Å². The fraction of sp³-hybridized carbons (Fsp3) is 0.526. The first-order valence-electron chi connectivity index (χ1n) is 8.63. The monoisotopic (exact) mass is 314 g/mol. The van der Waals surface area contributed by atoms with Gasteiger partial charge in [-0.05, 0) is 23.1 Å². The van der Waals surface area contributed by atoms with Gasteiger partial charge in [-0.25, -0.2) is 0 Å². The normalized spacial score (nSPS) is 19.5. The van der Waals surface area contributed by atoms with Crippen molar-refractivity contribution < 1.29 is 9.53 Å². The van der Waals surface area contributed by atoms with Crippen LogP contribution in [0.15, 0.2) is 30.3 Å². The molecule has 2 heterocycles. The molecule has 1 fully saturated rings. The molecule has 0 radical (unpaired) electrons. The molecule has 23 heavy (non-hydrogen) atoms. The zero-order valence-electron chi connectivity index (χ0n) is 14.0. The molecule has 1 aromatic rings. The minimum atomic E-state index is 0.252. The van der Waals surface area contributed by atoms with Gasteiger partial charge in [-0.2, -0.15) is 0 Å². The first-order valence-corrected chi connectivity index (χ1v) is 8.63. The first kappa shape index (κ1) is 16.2. The van der Waals surface area contributed by atoms with Gasteiger partial charge in [0, 0.05) is 39.1 Å². The van der Waals surface area contributed by atoms with E-state index in [1.807, 2.05) is 11.8 Å². The maximum Gasteiger partial charge on any atom is 0.222 e. The molecular weight excluding hydrogens is 288 g/mol. The van der Waals surface area contributed by atoms with Crippen LogP contribution in [0.5, 0.6) is 0 Å². The molecule has 0 bridgehead atoms. The van der Waals surface area contributed by atoms with E-state index < -0.39 is 0 Å². The minimum absolute atomic E-state index is 0.252. The molecule has 1 saturated heterocycles. The SMILES string of the molecule is CCC(=O)N1CC=C(c2ccccc2CN2CCOCC2)CC1. The zero-order chi connectivity index (χ0) is 16.1. The molecule has 2 aliphatic rings. The summed E-state index contributed by atoms with van der Waals surface area (Å²) in [6, 6.07) is 8.69. The van der Waals surface area contributed by atoms with Crippen molar-refractivity contribution in [3.63, 3.8) is 0 Å². The molecule has 124 valence electrons. The molecular formula is C19H26N2O2. The zero-order valence-corrected chi connectivity index (χ0v) is 14.0. The van der Waals surface area contributed by atoms with Gasteiger partial charge in [0.25, 0.3) is 0 Å². The van der Waals surface area contributed by atoms with Crippen LogP contribution in [-0.2, 0) is 16.1 Å². The molecule has 0 unspecified atom stereocenters. The molecule has 0 spiro atoms. The van der Waals surface area contributed by atoms with E-state index in [-0.39, 0.29) is 5.91 Å². The number of hydrogen-bond acceptors (Lipinski definition) is 3. The van der Waals surface area contributed by atoms with E-state index in [2.05, 4.69) is 35.2 Å². The Hall–Kier alpha value is -1.65. The van der Waals surface area contributed by atoms with Crippen LogP contribution < -0.4 is 0 Å². The van der Waals surface area contributed by atoms with Crippen molar-refractivity contribution in [1.29, 1.82) is 0 Å². The summed E-state index contributed by atoms with van der Waals surface area (Å²) in [7, 11) is 0. The van der Waals surface area contributed by atoms with Gasteiger partial charge in [-0.15, -0.1) is 0 Å². The predicted octanol–water partition coefficient (Wildman–Crippen LogP) is 2.54. The van der Waals surface area contributed by atoms with Crippen molar-refractivity contribution in [2.45, 2.75) is 26.3 Å². The lowest BCUT2D eigenvalue weighted by molar-refractivity contribution is -0.130. The number of hydrogen-bond donors (Lipinski definition) is 0. The lowest BCUT2D eigenvalue weighted by Gasteiger charge is -2.29. The van der Waals surface area contributed by atoms with Gasteiger partial charge in [-0.3, -0.25) is 9.69 Å². The Morgan fingerprint density at radius 3 is 2.65 bits per heavy atom. The van der Waals surface area contributed by atoms with E-state index in [1.54, 1.807) is 0 Å². The summed E-state index contributed by atoms with van der Waals surface area (Å²) >= 11 is 0. The van der Waals surface area contributed by atoms with Gasteiger partial charge < -0.3 is 9.64 Å². The number of ether oxygens (including phenoxy) is 1. The molecule has 4 nitrogen and oxygen atoms in total. The van der Waals surface area contributed by atoms with E-state index >= 15 is 0 Å². The van der Waals surface area contributed by atoms with Crippen LogP contribution in [-0.4, -0.2) is 55.1 Å². The molecule has 0 saturated carbocycles. The van der Waals surface area contributed by atoms with Crippen LogP contribution in [0.4, 0.5) is 0 Å². The summed E-state index contributed by atoms with van der Waals surface area (Å²) < 4.78 is 5.44. The molecule has 3 rings (SSSR count). The Kier molecular flexibility index (Phi) is 5.47. The summed E-state index contributed by atoms with van der Waals surface area (Å²) in [6.45, 7) is 8.17. The van der Waals surface area contributed by atoms with E-state index in [1.165, 1.54) is 16.7 Å². The van der Waals surface area contributed by atoms with Crippen LogP contribution in [0.2, 0.25) is 0 Å². The van der Waals surface area contributed by atoms with Gasteiger partial charge in [0.05, 0.1) is 13.2 Å². The second kappa shape index (κ2) is 7.75. The largest absolute Gasteiger partial charge is 0.379 e. The van der Waals surface area contributed by atoms with Crippen molar-refractivity contribution in [2.75, 3.05) is 39.4 Å². The second-order valence-corrected chi connectivity index (χ2v) is 6.22. The summed E-state index contributed by atoms with van der Waals surface area (Å²) in [5, 5.41) is 0. The third kappa shape index (κ3) is 4.01. The highest BCUT2D eigenvalue weighted by Gasteiger charge is 2.19. The smallest absolute Gasteiger partial charge is 0.222 e. The Morgan fingerprint density at radius 2 is 1.96 bits per heavy atom. The van der Waals surface area contributed by atoms with Gasteiger partial charge >= 0.3 is 0 Å². The third-order valence-electron chi connectivity index (χ3n) is 4.73. The molecule has 1 aromatic carbocycles. The predicted molar refractivity (Wildman–Crippen MR) is 92.0 cm³/mol. The number of amides is 1. The van der Waals surface area contributed by atoms with Gasteiger partial charge in [0.2, 0.25) is 5.91 Å². The second-order valence-electron chi connectivity index (χ2n) is 6.22. The number of carbonyl (C=O) groups excluding carboxylic acids is 1. The molecule has 0 aromatic heterocycles. The highest BCUT2D eigenvalue weighted by molar-refractivity contribution is 5.78. The summed E-state index contributed by atoms with van der Waals surface area (Å²) in [5.41, 5.74) is 4.12. The van der Waals surface area contributed by atoms with Crippen LogP contribution in [0.1, 0.15) is 30.9 Å². The molecule has 0 aliphatic carbocycles. The third-order valence-corrected chi connectivity index (χ3v) is 4.73. The number of morpholine rings is 1. The van der Waals surface area contributed by atoms with E-state index in [0.717, 1.165) is 52.4 Å². The summed E-state index contributed by atoms with van der Waals surface area (Å²) in [4.78, 5) is 16.2. The van der Waals surface area contributed by atoms with Crippen LogP contribution in [0.25, 0.3) is 5.57 Å². The Bertz CT molecular complexity index is 576. The highest BCUT2D eigenvalue weighted by Crippen LogP contribution is 2.26. The quantitative estimate of drug-likeness (QED) is 0.856. The van der Waals surface area contributed by atoms with Crippen LogP contribution in [0.3, 0.4) is 0 Å². The molecule has 0 N–H and O–H groups in total. The van der Waals surface area contributed by atoms with E-state index in [0.29, 0.717) is 6.42 Å². The van der Waals surface area contributed by atoms with Crippen molar-refractivity contribution in [3.05, 3.63) is 41.5 Å². The minimum Gasteiger partial charge on any atom is -0.379 e. The number of benzene rings is 1. The maximum atomic E-state index is 11.8. The summed E-state index contributed by atoms with van der Waals surface area (Å²) in [6.07, 6.45) is 3.78. The Balaban J connectivity index is 1.72. The van der Waals surface area contributed by atoms with Crippen LogP contribution >= 0.6 is 0 Å². The first-order chi connectivity index (χ1) is 11.3. The van der Waals surface area contributed by atoms with Crippen molar-refractivity contribution in [1.82, 2.24) is 9.80 Å². The van der Waals surface area contributed by atoms with Crippen LogP contribution in [0, 0.1) is 0 Å². The molecule has 4 heteroatoms. The molecule has 0 atom stereocenters. The summed E-state index contributed by atoms with van der Waals surface area (Å²) in [5.74, 6) is 0.252.